The molecule has 2 heterocycles. The highest BCUT2D eigenvalue weighted by molar-refractivity contribution is 5.74. The molecule has 1 saturated heterocycles. The SMILES string of the molecule is CN(C)C(=O)N1CCCC(c2nc(CCOc3ccc(F)cc3)no2)C1. The number of nitrogens with zero attached hydrogens (tertiary/aromatic N) is 4. The fourth-order valence-corrected chi connectivity index (χ4v) is 2.96. The van der Waals surface area contributed by atoms with Gasteiger partial charge in [0.25, 0.3) is 0 Å². The number of halogens is 1. The first-order chi connectivity index (χ1) is 12.5. The number of urea groups is 1. The van der Waals surface area contributed by atoms with Crippen molar-refractivity contribution >= 4 is 6.03 Å². The van der Waals surface area contributed by atoms with Gasteiger partial charge in [-0.3, -0.25) is 0 Å². The van der Waals surface area contributed by atoms with Crippen LogP contribution in [0, 0.1) is 5.82 Å². The summed E-state index contributed by atoms with van der Waals surface area (Å²) in [6.45, 7) is 1.71. The fraction of sp³-hybridized carbons (Fsp3) is 0.500. The van der Waals surface area contributed by atoms with Crippen molar-refractivity contribution in [3.63, 3.8) is 0 Å². The van der Waals surface area contributed by atoms with E-state index in [4.69, 9.17) is 9.26 Å². The van der Waals surface area contributed by atoms with E-state index in [1.54, 1.807) is 31.1 Å². The van der Waals surface area contributed by atoms with Crippen LogP contribution in [0.5, 0.6) is 5.75 Å². The molecule has 0 radical (unpaired) electrons. The molecule has 2 aromatic rings. The molecule has 2 amide bonds. The Morgan fingerprint density at radius 2 is 2.15 bits per heavy atom. The summed E-state index contributed by atoms with van der Waals surface area (Å²) in [6.07, 6.45) is 2.33. The smallest absolute Gasteiger partial charge is 0.319 e. The lowest BCUT2D eigenvalue weighted by Gasteiger charge is -2.32. The van der Waals surface area contributed by atoms with Crippen molar-refractivity contribution in [2.45, 2.75) is 25.2 Å². The zero-order chi connectivity index (χ0) is 18.5. The largest absolute Gasteiger partial charge is 0.493 e. The molecule has 1 aromatic carbocycles. The number of ether oxygens (including phenoxy) is 1. The Labute approximate surface area is 151 Å². The Bertz CT molecular complexity index is 732. The van der Waals surface area contributed by atoms with Gasteiger partial charge < -0.3 is 19.1 Å². The molecule has 140 valence electrons. The van der Waals surface area contributed by atoms with Crippen LogP contribution in [0.15, 0.2) is 28.8 Å². The maximum Gasteiger partial charge on any atom is 0.319 e. The van der Waals surface area contributed by atoms with Crippen molar-refractivity contribution in [3.05, 3.63) is 41.8 Å². The van der Waals surface area contributed by atoms with Crippen LogP contribution in [0.2, 0.25) is 0 Å². The van der Waals surface area contributed by atoms with Crippen molar-refractivity contribution in [1.29, 1.82) is 0 Å². The van der Waals surface area contributed by atoms with Gasteiger partial charge in [-0.25, -0.2) is 9.18 Å². The molecule has 3 rings (SSSR count). The van der Waals surface area contributed by atoms with Crippen molar-refractivity contribution in [1.82, 2.24) is 19.9 Å². The maximum atomic E-state index is 12.9. The first kappa shape index (κ1) is 18.2. The third-order valence-electron chi connectivity index (χ3n) is 4.32. The van der Waals surface area contributed by atoms with Gasteiger partial charge in [-0.2, -0.15) is 4.98 Å². The van der Waals surface area contributed by atoms with E-state index < -0.39 is 0 Å². The maximum absolute atomic E-state index is 12.9. The van der Waals surface area contributed by atoms with Crippen molar-refractivity contribution in [2.24, 2.45) is 0 Å². The van der Waals surface area contributed by atoms with E-state index in [0.29, 0.717) is 37.0 Å². The highest BCUT2D eigenvalue weighted by Gasteiger charge is 2.29. The first-order valence-corrected chi connectivity index (χ1v) is 8.70. The number of carbonyl (C=O) groups is 1. The number of aromatic nitrogens is 2. The molecule has 1 aromatic heterocycles. The topological polar surface area (TPSA) is 71.7 Å². The van der Waals surface area contributed by atoms with Gasteiger partial charge in [-0.05, 0) is 37.1 Å². The standard InChI is InChI=1S/C18H23FN4O3/c1-22(2)18(24)23-10-3-4-13(12-23)17-20-16(21-26-17)9-11-25-15-7-5-14(19)6-8-15/h5-8,13H,3-4,9-12H2,1-2H3. The lowest BCUT2D eigenvalue weighted by atomic mass is 9.98. The average Bonchev–Trinajstić information content (AvgIpc) is 3.12. The molecule has 7 nitrogen and oxygen atoms in total. The minimum Gasteiger partial charge on any atom is -0.493 e. The molecule has 0 spiro atoms. The van der Waals surface area contributed by atoms with E-state index in [9.17, 15) is 9.18 Å². The molecule has 1 aliphatic heterocycles. The number of rotatable bonds is 5. The number of benzene rings is 1. The van der Waals surface area contributed by atoms with Crippen LogP contribution >= 0.6 is 0 Å². The van der Waals surface area contributed by atoms with E-state index in [0.717, 1.165) is 19.4 Å². The second kappa shape index (κ2) is 8.16. The summed E-state index contributed by atoms with van der Waals surface area (Å²) in [5, 5.41) is 4.00. The molecule has 26 heavy (non-hydrogen) atoms. The van der Waals surface area contributed by atoms with Crippen LogP contribution in [-0.2, 0) is 6.42 Å². The molecule has 0 saturated carbocycles. The molecular weight excluding hydrogens is 339 g/mol. The number of carbonyl (C=O) groups excluding carboxylic acids is 1. The Hall–Kier alpha value is -2.64. The second-order valence-corrected chi connectivity index (χ2v) is 6.56. The minimum absolute atomic E-state index is 0.00198. The molecule has 1 fully saturated rings. The van der Waals surface area contributed by atoms with Gasteiger partial charge in [0.05, 0.1) is 12.5 Å². The predicted molar refractivity (Wildman–Crippen MR) is 92.5 cm³/mol. The van der Waals surface area contributed by atoms with Crippen LogP contribution in [0.4, 0.5) is 9.18 Å². The lowest BCUT2D eigenvalue weighted by Crippen LogP contribution is -2.44. The normalized spacial score (nSPS) is 17.2. The van der Waals surface area contributed by atoms with Gasteiger partial charge in [-0.15, -0.1) is 0 Å². The number of likely N-dealkylation sites (tertiary alicyclic amines) is 1. The van der Waals surface area contributed by atoms with Crippen LogP contribution in [0.1, 0.15) is 30.5 Å². The number of hydrogen-bond acceptors (Lipinski definition) is 5. The molecule has 0 aliphatic carbocycles. The van der Waals surface area contributed by atoms with E-state index in [2.05, 4.69) is 10.1 Å². The Morgan fingerprint density at radius 1 is 1.38 bits per heavy atom. The number of amides is 2. The van der Waals surface area contributed by atoms with Gasteiger partial charge in [0.1, 0.15) is 11.6 Å². The third-order valence-corrected chi connectivity index (χ3v) is 4.32. The van der Waals surface area contributed by atoms with Crippen LogP contribution in [0.3, 0.4) is 0 Å². The minimum atomic E-state index is -0.297. The Kier molecular flexibility index (Phi) is 5.70. The van der Waals surface area contributed by atoms with Crippen molar-refractivity contribution < 1.29 is 18.4 Å². The van der Waals surface area contributed by atoms with E-state index in [1.807, 2.05) is 4.90 Å². The Morgan fingerprint density at radius 3 is 2.88 bits per heavy atom. The molecule has 1 atom stereocenters. The molecule has 1 aliphatic rings. The van der Waals surface area contributed by atoms with Crippen molar-refractivity contribution in [3.8, 4) is 5.75 Å². The summed E-state index contributed by atoms with van der Waals surface area (Å²) in [5.74, 6) is 1.50. The van der Waals surface area contributed by atoms with Crippen LogP contribution in [-0.4, -0.2) is 59.8 Å². The highest BCUT2D eigenvalue weighted by atomic mass is 19.1. The molecule has 1 unspecified atom stereocenters. The highest BCUT2D eigenvalue weighted by Crippen LogP contribution is 2.26. The van der Waals surface area contributed by atoms with E-state index in [-0.39, 0.29) is 17.8 Å². The number of piperidine rings is 1. The van der Waals surface area contributed by atoms with Gasteiger partial charge in [-0.1, -0.05) is 5.16 Å². The molecule has 8 heteroatoms. The Balaban J connectivity index is 1.52. The monoisotopic (exact) mass is 362 g/mol. The quantitative estimate of drug-likeness (QED) is 0.818. The van der Waals surface area contributed by atoms with Gasteiger partial charge in [0.2, 0.25) is 5.89 Å². The molecule has 0 bridgehead atoms. The van der Waals surface area contributed by atoms with Gasteiger partial charge in [0, 0.05) is 33.6 Å². The van der Waals surface area contributed by atoms with Crippen LogP contribution < -0.4 is 4.74 Å². The number of hydrogen-bond donors (Lipinski definition) is 0. The molecule has 0 N–H and O–H groups in total. The van der Waals surface area contributed by atoms with Gasteiger partial charge in [0.15, 0.2) is 5.82 Å². The lowest BCUT2D eigenvalue weighted by molar-refractivity contribution is 0.149. The summed E-state index contributed by atoms with van der Waals surface area (Å²) in [6, 6.07) is 5.87. The van der Waals surface area contributed by atoms with E-state index >= 15 is 0 Å². The summed E-state index contributed by atoms with van der Waals surface area (Å²) < 4.78 is 23.8. The zero-order valence-corrected chi connectivity index (χ0v) is 15.0. The third kappa shape index (κ3) is 4.50. The summed E-state index contributed by atoms with van der Waals surface area (Å²) >= 11 is 0. The first-order valence-electron chi connectivity index (χ1n) is 8.70. The zero-order valence-electron chi connectivity index (χ0n) is 15.0. The predicted octanol–water partition coefficient (Wildman–Crippen LogP) is 2.69. The average molecular weight is 362 g/mol. The van der Waals surface area contributed by atoms with Crippen molar-refractivity contribution in [2.75, 3.05) is 33.8 Å². The molecular formula is C18H23FN4O3. The summed E-state index contributed by atoms with van der Waals surface area (Å²) in [5.41, 5.74) is 0. The second-order valence-electron chi connectivity index (χ2n) is 6.56. The van der Waals surface area contributed by atoms with Crippen LogP contribution in [0.25, 0.3) is 0 Å². The summed E-state index contributed by atoms with van der Waals surface area (Å²) in [7, 11) is 3.50. The van der Waals surface area contributed by atoms with E-state index in [1.165, 1.54) is 12.1 Å². The van der Waals surface area contributed by atoms with Gasteiger partial charge >= 0.3 is 6.03 Å². The fourth-order valence-electron chi connectivity index (χ4n) is 2.96. The summed E-state index contributed by atoms with van der Waals surface area (Å²) in [4.78, 5) is 20.0.